The molecule has 0 amide bonds. The number of carbonyl (C=O) groups is 2. The fraction of sp³-hybridized carbons (Fsp3) is 0.100. The number of ether oxygens (including phenoxy) is 2. The highest BCUT2D eigenvalue weighted by Crippen LogP contribution is 2.28. The molecule has 0 aliphatic carbocycles. The fourth-order valence-corrected chi connectivity index (χ4v) is 2.36. The Labute approximate surface area is 145 Å². The summed E-state index contributed by atoms with van der Waals surface area (Å²) in [6, 6.07) is 18.4. The van der Waals surface area contributed by atoms with E-state index < -0.39 is 11.8 Å². The molecule has 3 rings (SSSR count). The van der Waals surface area contributed by atoms with Gasteiger partial charge in [0.25, 0.3) is 0 Å². The van der Waals surface area contributed by atoms with E-state index in [2.05, 4.69) is 5.32 Å². The van der Waals surface area contributed by atoms with E-state index in [9.17, 15) is 9.59 Å². The highest BCUT2D eigenvalue weighted by Gasteiger charge is 2.36. The highest BCUT2D eigenvalue weighted by molar-refractivity contribution is 6.26. The maximum atomic E-state index is 12.6. The summed E-state index contributed by atoms with van der Waals surface area (Å²) in [7, 11) is 0. The smallest absolute Gasteiger partial charge is 0.347 e. The molecule has 5 heteroatoms. The van der Waals surface area contributed by atoms with Crippen LogP contribution < -0.4 is 5.32 Å². The van der Waals surface area contributed by atoms with Crippen molar-refractivity contribution in [3.63, 3.8) is 0 Å². The molecule has 1 aliphatic rings. The van der Waals surface area contributed by atoms with E-state index >= 15 is 0 Å². The van der Waals surface area contributed by atoms with Crippen LogP contribution in [0.2, 0.25) is 0 Å². The van der Waals surface area contributed by atoms with Gasteiger partial charge in [-0.3, -0.25) is 4.79 Å². The van der Waals surface area contributed by atoms with Gasteiger partial charge in [0.15, 0.2) is 11.3 Å². The summed E-state index contributed by atoms with van der Waals surface area (Å²) in [6.07, 6.45) is 1.60. The van der Waals surface area contributed by atoms with E-state index in [0.29, 0.717) is 5.69 Å². The summed E-state index contributed by atoms with van der Waals surface area (Å²) >= 11 is 0. The Hall–Kier alpha value is -3.34. The summed E-state index contributed by atoms with van der Waals surface area (Å²) in [5, 5.41) is 2.97. The van der Waals surface area contributed by atoms with Crippen LogP contribution in [0.4, 0.5) is 5.69 Å². The fourth-order valence-electron chi connectivity index (χ4n) is 2.36. The number of hydrogen-bond donors (Lipinski definition) is 1. The second kappa shape index (κ2) is 7.49. The lowest BCUT2D eigenvalue weighted by Crippen LogP contribution is -2.16. The number of allylic oxidation sites excluding steroid dienone is 1. The van der Waals surface area contributed by atoms with Crippen LogP contribution in [0.5, 0.6) is 0 Å². The number of hydrogen-bond acceptors (Lipinski definition) is 5. The van der Waals surface area contributed by atoms with Gasteiger partial charge in [0.1, 0.15) is 0 Å². The normalized spacial score (nSPS) is 15.2. The Bertz CT molecular complexity index is 839. The largest absolute Gasteiger partial charge is 0.462 e. The van der Waals surface area contributed by atoms with Crippen molar-refractivity contribution in [1.82, 2.24) is 0 Å². The van der Waals surface area contributed by atoms with Gasteiger partial charge in [-0.15, -0.1) is 0 Å². The zero-order valence-corrected chi connectivity index (χ0v) is 13.7. The Kier molecular flexibility index (Phi) is 4.95. The van der Waals surface area contributed by atoms with Crippen LogP contribution in [-0.2, 0) is 19.1 Å². The molecule has 25 heavy (non-hydrogen) atoms. The van der Waals surface area contributed by atoms with E-state index in [1.165, 1.54) is 0 Å². The Morgan fingerprint density at radius 3 is 2.36 bits per heavy atom. The average Bonchev–Trinajstić information content (AvgIpc) is 2.92. The Morgan fingerprint density at radius 2 is 1.72 bits per heavy atom. The van der Waals surface area contributed by atoms with E-state index in [-0.39, 0.29) is 23.8 Å². The molecule has 2 aromatic rings. The predicted molar refractivity (Wildman–Crippen MR) is 94.2 cm³/mol. The maximum Gasteiger partial charge on any atom is 0.347 e. The lowest BCUT2D eigenvalue weighted by atomic mass is 10.1. The zero-order valence-electron chi connectivity index (χ0n) is 13.7. The van der Waals surface area contributed by atoms with Crippen molar-refractivity contribution < 1.29 is 19.1 Å². The molecule has 0 saturated carbocycles. The number of carbonyl (C=O) groups excluding carboxylic acids is 2. The summed E-state index contributed by atoms with van der Waals surface area (Å²) in [6.45, 7) is 1.86. The maximum absolute atomic E-state index is 12.6. The van der Waals surface area contributed by atoms with Gasteiger partial charge in [-0.25, -0.2) is 4.79 Å². The van der Waals surface area contributed by atoms with Gasteiger partial charge < -0.3 is 14.8 Å². The molecular weight excluding hydrogens is 318 g/mol. The first-order valence-corrected chi connectivity index (χ1v) is 7.92. The van der Waals surface area contributed by atoms with Crippen LogP contribution in [0, 0.1) is 0 Å². The standard InChI is InChI=1S/C20H17NO4/c1-2-24-20(23)17-18(22)16(13-14-9-5-3-6-10-14)25-19(17)21-15-11-7-4-8-12-15/h3-13,21H,2H2,1H3. The number of benzene rings is 2. The quantitative estimate of drug-likeness (QED) is 0.514. The topological polar surface area (TPSA) is 64.6 Å². The predicted octanol–water partition coefficient (Wildman–Crippen LogP) is 3.51. The van der Waals surface area contributed by atoms with Crippen LogP contribution in [0.25, 0.3) is 6.08 Å². The molecule has 126 valence electrons. The van der Waals surface area contributed by atoms with E-state index in [0.717, 1.165) is 5.56 Å². The van der Waals surface area contributed by atoms with Crippen LogP contribution in [0.1, 0.15) is 12.5 Å². The molecule has 1 N–H and O–H groups in total. The molecule has 0 bridgehead atoms. The Balaban J connectivity index is 1.93. The van der Waals surface area contributed by atoms with Crippen molar-refractivity contribution in [3.05, 3.63) is 83.4 Å². The number of Topliss-reactive ketones (excluding diaryl/α,β-unsaturated/α-hetero) is 1. The van der Waals surface area contributed by atoms with Crippen LogP contribution >= 0.6 is 0 Å². The summed E-state index contributed by atoms with van der Waals surface area (Å²) in [5.74, 6) is -1.05. The van der Waals surface area contributed by atoms with E-state index in [1.54, 1.807) is 13.0 Å². The van der Waals surface area contributed by atoms with Gasteiger partial charge in [-0.05, 0) is 30.7 Å². The minimum Gasteiger partial charge on any atom is -0.462 e. The zero-order chi connectivity index (χ0) is 17.6. The molecule has 0 aromatic heterocycles. The van der Waals surface area contributed by atoms with Crippen molar-refractivity contribution in [1.29, 1.82) is 0 Å². The van der Waals surface area contributed by atoms with Gasteiger partial charge in [-0.1, -0.05) is 48.5 Å². The number of rotatable bonds is 5. The summed E-state index contributed by atoms with van der Waals surface area (Å²) in [5.41, 5.74) is 1.37. The van der Waals surface area contributed by atoms with E-state index in [1.807, 2.05) is 60.7 Å². The lowest BCUT2D eigenvalue weighted by Gasteiger charge is -2.08. The van der Waals surface area contributed by atoms with Crippen LogP contribution in [0.15, 0.2) is 77.9 Å². The minimum atomic E-state index is -0.706. The average molecular weight is 335 g/mol. The molecular formula is C20H17NO4. The third-order valence-corrected chi connectivity index (χ3v) is 3.50. The van der Waals surface area contributed by atoms with Gasteiger partial charge in [0, 0.05) is 5.69 Å². The third-order valence-electron chi connectivity index (χ3n) is 3.50. The first-order valence-electron chi connectivity index (χ1n) is 7.92. The molecule has 0 unspecified atom stereocenters. The molecule has 5 nitrogen and oxygen atoms in total. The second-order valence-corrected chi connectivity index (χ2v) is 5.27. The Morgan fingerprint density at radius 1 is 1.08 bits per heavy atom. The SMILES string of the molecule is CCOC(=O)C1=C(Nc2ccccc2)OC(=Cc2ccccc2)C1=O. The molecule has 1 aliphatic heterocycles. The van der Waals surface area contributed by atoms with Crippen molar-refractivity contribution in [3.8, 4) is 0 Å². The number of nitrogens with one attached hydrogen (secondary N) is 1. The van der Waals surface area contributed by atoms with Crippen molar-refractivity contribution >= 4 is 23.5 Å². The molecule has 0 radical (unpaired) electrons. The molecule has 0 saturated heterocycles. The van der Waals surface area contributed by atoms with Crippen molar-refractivity contribution in [2.24, 2.45) is 0 Å². The lowest BCUT2D eigenvalue weighted by molar-refractivity contribution is -0.139. The van der Waals surface area contributed by atoms with Crippen LogP contribution in [-0.4, -0.2) is 18.4 Å². The van der Waals surface area contributed by atoms with Crippen molar-refractivity contribution in [2.75, 3.05) is 11.9 Å². The molecule has 2 aromatic carbocycles. The highest BCUT2D eigenvalue weighted by atomic mass is 16.5. The van der Waals surface area contributed by atoms with Gasteiger partial charge in [-0.2, -0.15) is 0 Å². The van der Waals surface area contributed by atoms with Crippen LogP contribution in [0.3, 0.4) is 0 Å². The monoisotopic (exact) mass is 335 g/mol. The molecule has 0 fully saturated rings. The molecule has 0 spiro atoms. The number of anilines is 1. The van der Waals surface area contributed by atoms with E-state index in [4.69, 9.17) is 9.47 Å². The number of esters is 1. The second-order valence-electron chi connectivity index (χ2n) is 5.27. The number of ketones is 1. The number of para-hydroxylation sites is 1. The minimum absolute atomic E-state index is 0.0766. The third kappa shape index (κ3) is 3.77. The summed E-state index contributed by atoms with van der Waals surface area (Å²) < 4.78 is 10.6. The first-order chi connectivity index (χ1) is 12.2. The van der Waals surface area contributed by atoms with Gasteiger partial charge >= 0.3 is 5.97 Å². The molecule has 0 atom stereocenters. The van der Waals surface area contributed by atoms with Crippen molar-refractivity contribution in [2.45, 2.75) is 6.92 Å². The summed E-state index contributed by atoms with van der Waals surface area (Å²) in [4.78, 5) is 24.8. The van der Waals surface area contributed by atoms with Gasteiger partial charge in [0.2, 0.25) is 11.7 Å². The molecule has 1 heterocycles. The van der Waals surface area contributed by atoms with Gasteiger partial charge in [0.05, 0.1) is 6.61 Å². The first kappa shape index (κ1) is 16.5.